The molecule has 2 N–H and O–H groups in total. The molecular weight excluding hydrogens is 160 g/mol. The van der Waals surface area contributed by atoms with Crippen LogP contribution in [0.3, 0.4) is 0 Å². The average Bonchev–Trinajstić information content (AvgIpc) is 2.20. The van der Waals surface area contributed by atoms with E-state index in [9.17, 15) is 0 Å². The molecule has 0 bridgehead atoms. The quantitative estimate of drug-likeness (QED) is 0.664. The maximum Gasteiger partial charge on any atom is 0.0971 e. The number of benzene rings is 1. The van der Waals surface area contributed by atoms with Crippen LogP contribution in [0.25, 0.3) is 11.1 Å². The third-order valence-electron chi connectivity index (χ3n) is 1.86. The van der Waals surface area contributed by atoms with Crippen LogP contribution in [0.1, 0.15) is 0 Å². The van der Waals surface area contributed by atoms with Crippen molar-refractivity contribution in [2.24, 2.45) is 0 Å². The molecule has 0 saturated heterocycles. The van der Waals surface area contributed by atoms with E-state index in [1.54, 1.807) is 6.20 Å². The van der Waals surface area contributed by atoms with E-state index in [4.69, 9.17) is 5.73 Å². The van der Waals surface area contributed by atoms with Crippen LogP contribution in [0.2, 0.25) is 0 Å². The molecule has 0 aliphatic rings. The molecular formula is C11H9N2. The van der Waals surface area contributed by atoms with Gasteiger partial charge in [-0.05, 0) is 12.1 Å². The molecule has 0 aliphatic heterocycles. The van der Waals surface area contributed by atoms with Gasteiger partial charge in [-0.15, -0.1) is 0 Å². The van der Waals surface area contributed by atoms with Crippen molar-refractivity contribution in [3.63, 3.8) is 0 Å². The molecule has 0 amide bonds. The highest BCUT2D eigenvalue weighted by molar-refractivity contribution is 5.74. The summed E-state index contributed by atoms with van der Waals surface area (Å²) in [5.41, 5.74) is 8.47. The third kappa shape index (κ3) is 1.51. The molecule has 0 spiro atoms. The summed E-state index contributed by atoms with van der Waals surface area (Å²) in [7, 11) is 0. The second-order valence-electron chi connectivity index (χ2n) is 2.75. The van der Waals surface area contributed by atoms with E-state index in [2.05, 4.69) is 11.2 Å². The van der Waals surface area contributed by atoms with Gasteiger partial charge in [-0.1, -0.05) is 24.3 Å². The number of nitrogens with zero attached hydrogens (tertiary/aromatic N) is 1. The Hall–Kier alpha value is -1.83. The van der Waals surface area contributed by atoms with E-state index < -0.39 is 0 Å². The molecule has 0 fully saturated rings. The monoisotopic (exact) mass is 169 g/mol. The largest absolute Gasteiger partial charge is 0.398 e. The van der Waals surface area contributed by atoms with E-state index >= 15 is 0 Å². The highest BCUT2D eigenvalue weighted by atomic mass is 14.6. The van der Waals surface area contributed by atoms with Gasteiger partial charge in [-0.3, -0.25) is 4.98 Å². The van der Waals surface area contributed by atoms with Crippen LogP contribution in [-0.2, 0) is 0 Å². The van der Waals surface area contributed by atoms with Crippen LogP contribution in [0.4, 0.5) is 5.69 Å². The van der Waals surface area contributed by atoms with E-state index in [1.165, 1.54) is 0 Å². The Balaban J connectivity index is 2.54. The van der Waals surface area contributed by atoms with Crippen molar-refractivity contribution in [2.75, 3.05) is 5.73 Å². The Morgan fingerprint density at radius 3 is 2.62 bits per heavy atom. The first-order valence-corrected chi connectivity index (χ1v) is 4.05. The number of para-hydroxylation sites is 1. The summed E-state index contributed by atoms with van der Waals surface area (Å²) < 4.78 is 0. The number of hydrogen-bond acceptors (Lipinski definition) is 2. The first-order valence-electron chi connectivity index (χ1n) is 4.05. The molecule has 1 heterocycles. The maximum absolute atomic E-state index is 5.80. The second-order valence-corrected chi connectivity index (χ2v) is 2.75. The molecule has 0 atom stereocenters. The summed E-state index contributed by atoms with van der Waals surface area (Å²) in [5.74, 6) is 0. The zero-order chi connectivity index (χ0) is 9.10. The van der Waals surface area contributed by atoms with E-state index in [0.717, 1.165) is 16.8 Å². The van der Waals surface area contributed by atoms with Crippen molar-refractivity contribution >= 4 is 5.69 Å². The third-order valence-corrected chi connectivity index (χ3v) is 1.86. The van der Waals surface area contributed by atoms with Crippen molar-refractivity contribution in [3.05, 3.63) is 48.8 Å². The van der Waals surface area contributed by atoms with Crippen LogP contribution in [-0.4, -0.2) is 4.98 Å². The highest BCUT2D eigenvalue weighted by Gasteiger charge is 1.99. The molecule has 2 aromatic rings. The Bertz CT molecular complexity index is 396. The zero-order valence-corrected chi connectivity index (χ0v) is 7.07. The smallest absolute Gasteiger partial charge is 0.0971 e. The lowest BCUT2D eigenvalue weighted by Gasteiger charge is -2.02. The summed E-state index contributed by atoms with van der Waals surface area (Å²) in [4.78, 5) is 3.92. The molecule has 0 aliphatic carbocycles. The fraction of sp³-hybridized carbons (Fsp3) is 0. The van der Waals surface area contributed by atoms with Gasteiger partial charge in [-0.2, -0.15) is 0 Å². The van der Waals surface area contributed by atoms with Crippen LogP contribution in [0.5, 0.6) is 0 Å². The number of hydrogen-bond donors (Lipinski definition) is 1. The minimum absolute atomic E-state index is 0.756. The number of nitrogens with two attached hydrogens (primary N) is 1. The zero-order valence-electron chi connectivity index (χ0n) is 7.07. The van der Waals surface area contributed by atoms with Crippen molar-refractivity contribution < 1.29 is 0 Å². The summed E-state index contributed by atoms with van der Waals surface area (Å²) in [6, 6.07) is 11.5. The summed E-state index contributed by atoms with van der Waals surface area (Å²) >= 11 is 0. The number of rotatable bonds is 1. The fourth-order valence-corrected chi connectivity index (χ4v) is 1.22. The van der Waals surface area contributed by atoms with Gasteiger partial charge in [0, 0.05) is 23.0 Å². The lowest BCUT2D eigenvalue weighted by molar-refractivity contribution is 1.31. The maximum atomic E-state index is 5.80. The molecule has 2 rings (SSSR count). The summed E-state index contributed by atoms with van der Waals surface area (Å²) in [6.45, 7) is 0. The van der Waals surface area contributed by atoms with Gasteiger partial charge in [0.15, 0.2) is 0 Å². The van der Waals surface area contributed by atoms with Gasteiger partial charge in [0.25, 0.3) is 0 Å². The SMILES string of the molecule is Nc1ccccc1-c1[c]nccc1. The number of nitrogen functional groups attached to an aromatic ring is 1. The van der Waals surface area contributed by atoms with Crippen LogP contribution in [0, 0.1) is 6.20 Å². The van der Waals surface area contributed by atoms with Gasteiger partial charge in [-0.25, -0.2) is 0 Å². The summed E-state index contributed by atoms with van der Waals surface area (Å²) in [6.07, 6.45) is 4.59. The molecule has 0 saturated carbocycles. The van der Waals surface area contributed by atoms with Crippen LogP contribution in [0.15, 0.2) is 42.6 Å². The number of pyridine rings is 1. The molecule has 2 heteroatoms. The lowest BCUT2D eigenvalue weighted by Crippen LogP contribution is -1.89. The molecule has 0 unspecified atom stereocenters. The van der Waals surface area contributed by atoms with Crippen molar-refractivity contribution in [1.82, 2.24) is 4.98 Å². The van der Waals surface area contributed by atoms with Crippen LogP contribution >= 0.6 is 0 Å². The van der Waals surface area contributed by atoms with Gasteiger partial charge in [0.1, 0.15) is 0 Å². The highest BCUT2D eigenvalue weighted by Crippen LogP contribution is 2.23. The minimum atomic E-state index is 0.756. The summed E-state index contributed by atoms with van der Waals surface area (Å²) in [5, 5.41) is 0. The molecule has 1 aromatic carbocycles. The Kier molecular flexibility index (Phi) is 1.96. The molecule has 1 radical (unpaired) electrons. The van der Waals surface area contributed by atoms with Crippen molar-refractivity contribution in [1.29, 1.82) is 0 Å². The standard InChI is InChI=1S/C11H9N2/c12-11-6-2-1-5-10(11)9-4-3-7-13-8-9/h1-7H,12H2. The van der Waals surface area contributed by atoms with E-state index in [-0.39, 0.29) is 0 Å². The van der Waals surface area contributed by atoms with E-state index in [1.807, 2.05) is 36.4 Å². The topological polar surface area (TPSA) is 38.9 Å². The van der Waals surface area contributed by atoms with Gasteiger partial charge < -0.3 is 5.73 Å². The molecule has 2 nitrogen and oxygen atoms in total. The Morgan fingerprint density at radius 2 is 1.92 bits per heavy atom. The van der Waals surface area contributed by atoms with Gasteiger partial charge >= 0.3 is 0 Å². The Labute approximate surface area is 77.0 Å². The predicted octanol–water partition coefficient (Wildman–Crippen LogP) is 2.13. The molecule has 63 valence electrons. The normalized spacial score (nSPS) is 9.85. The van der Waals surface area contributed by atoms with Crippen LogP contribution < -0.4 is 5.73 Å². The number of aromatic nitrogens is 1. The Morgan fingerprint density at radius 1 is 1.08 bits per heavy atom. The fourth-order valence-electron chi connectivity index (χ4n) is 1.22. The predicted molar refractivity (Wildman–Crippen MR) is 52.9 cm³/mol. The average molecular weight is 169 g/mol. The minimum Gasteiger partial charge on any atom is -0.398 e. The molecule has 13 heavy (non-hydrogen) atoms. The first-order chi connectivity index (χ1) is 6.38. The van der Waals surface area contributed by atoms with Crippen molar-refractivity contribution in [2.45, 2.75) is 0 Å². The number of anilines is 1. The molecule has 1 aromatic heterocycles. The van der Waals surface area contributed by atoms with E-state index in [0.29, 0.717) is 0 Å². The van der Waals surface area contributed by atoms with Crippen molar-refractivity contribution in [3.8, 4) is 11.1 Å². The van der Waals surface area contributed by atoms with Gasteiger partial charge in [0.2, 0.25) is 0 Å². The second kappa shape index (κ2) is 3.27. The van der Waals surface area contributed by atoms with Gasteiger partial charge in [0.05, 0.1) is 6.20 Å². The lowest BCUT2D eigenvalue weighted by atomic mass is 10.1. The first kappa shape index (κ1) is 7.80.